The number of aliphatic carboxylic acids is 1. The highest BCUT2D eigenvalue weighted by atomic mass is 35.5. The molecule has 0 spiro atoms. The van der Waals surface area contributed by atoms with Crippen LogP contribution in [0.2, 0.25) is 5.15 Å². The molecule has 8 heteroatoms. The molecule has 0 aliphatic heterocycles. The monoisotopic (exact) mass is 499 g/mol. The molecule has 1 aliphatic carbocycles. The first-order valence-corrected chi connectivity index (χ1v) is 12.9. The number of nitrogens with one attached hydrogen (secondary N) is 1. The van der Waals surface area contributed by atoms with E-state index in [1.807, 2.05) is 24.4 Å². The number of pyridine rings is 1. The van der Waals surface area contributed by atoms with E-state index in [4.69, 9.17) is 16.7 Å². The van der Waals surface area contributed by atoms with Gasteiger partial charge in [-0.3, -0.25) is 9.59 Å². The van der Waals surface area contributed by atoms with Crippen molar-refractivity contribution in [3.05, 3.63) is 57.7 Å². The van der Waals surface area contributed by atoms with Crippen LogP contribution in [0.3, 0.4) is 0 Å². The SMILES string of the molecule is Cc1c(C(Nc2ccc(C(=O)N(C)CCC(=O)O)cc2)C2CCCCC2)sc2cnc(Cl)cc12. The second-order valence-electron chi connectivity index (χ2n) is 9.06. The van der Waals surface area contributed by atoms with Gasteiger partial charge in [0.2, 0.25) is 0 Å². The first-order valence-electron chi connectivity index (χ1n) is 11.7. The van der Waals surface area contributed by atoms with Crippen LogP contribution in [0.15, 0.2) is 36.5 Å². The maximum absolute atomic E-state index is 12.6. The van der Waals surface area contributed by atoms with Gasteiger partial charge in [-0.15, -0.1) is 11.3 Å². The number of thiophene rings is 1. The van der Waals surface area contributed by atoms with Crippen LogP contribution >= 0.6 is 22.9 Å². The molecule has 2 N–H and O–H groups in total. The third kappa shape index (κ3) is 5.53. The third-order valence-electron chi connectivity index (χ3n) is 6.69. The molecule has 2 aromatic heterocycles. The van der Waals surface area contributed by atoms with Gasteiger partial charge >= 0.3 is 5.97 Å². The summed E-state index contributed by atoms with van der Waals surface area (Å²) >= 11 is 7.95. The summed E-state index contributed by atoms with van der Waals surface area (Å²) in [6, 6.07) is 9.62. The smallest absolute Gasteiger partial charge is 0.305 e. The predicted molar refractivity (Wildman–Crippen MR) is 138 cm³/mol. The standard InChI is InChI=1S/C26H30ClN3O3S/c1-16-20-14-22(27)28-15-21(20)34-25(16)24(17-6-4-3-5-7-17)29-19-10-8-18(9-11-19)26(33)30(2)13-12-23(31)32/h8-11,14-15,17,24,29H,3-7,12-13H2,1-2H3,(H,31,32). The number of halogens is 1. The van der Waals surface area contributed by atoms with Gasteiger partial charge in [0.1, 0.15) is 5.15 Å². The van der Waals surface area contributed by atoms with Gasteiger partial charge in [-0.05, 0) is 61.6 Å². The van der Waals surface area contributed by atoms with Crippen molar-refractivity contribution >= 4 is 50.6 Å². The minimum atomic E-state index is -0.914. The number of carbonyl (C=O) groups is 2. The Bertz CT molecular complexity index is 1170. The molecule has 34 heavy (non-hydrogen) atoms. The molecule has 3 aromatic rings. The lowest BCUT2D eigenvalue weighted by Gasteiger charge is -2.32. The van der Waals surface area contributed by atoms with Gasteiger partial charge in [0.05, 0.1) is 17.2 Å². The molecule has 1 saturated carbocycles. The van der Waals surface area contributed by atoms with Gasteiger partial charge < -0.3 is 15.3 Å². The second kappa shape index (κ2) is 10.7. The van der Waals surface area contributed by atoms with E-state index in [0.29, 0.717) is 16.6 Å². The lowest BCUT2D eigenvalue weighted by molar-refractivity contribution is -0.137. The molecule has 1 amide bonds. The van der Waals surface area contributed by atoms with Crippen LogP contribution in [0.1, 0.15) is 65.4 Å². The van der Waals surface area contributed by atoms with Crippen molar-refractivity contribution in [2.45, 2.75) is 51.5 Å². The van der Waals surface area contributed by atoms with E-state index in [9.17, 15) is 9.59 Å². The fourth-order valence-corrected chi connectivity index (χ4v) is 6.22. The number of anilines is 1. The van der Waals surface area contributed by atoms with Crippen LogP contribution in [-0.4, -0.2) is 40.5 Å². The van der Waals surface area contributed by atoms with Gasteiger partial charge in [0, 0.05) is 41.3 Å². The van der Waals surface area contributed by atoms with Gasteiger partial charge in [-0.2, -0.15) is 0 Å². The molecule has 1 unspecified atom stereocenters. The zero-order chi connectivity index (χ0) is 24.2. The molecular weight excluding hydrogens is 470 g/mol. The number of benzene rings is 1. The van der Waals surface area contributed by atoms with Crippen LogP contribution in [0.5, 0.6) is 0 Å². The third-order valence-corrected chi connectivity index (χ3v) is 8.23. The van der Waals surface area contributed by atoms with Crippen molar-refractivity contribution < 1.29 is 14.7 Å². The van der Waals surface area contributed by atoms with E-state index in [0.717, 1.165) is 15.8 Å². The topological polar surface area (TPSA) is 82.5 Å². The first kappa shape index (κ1) is 24.5. The summed E-state index contributed by atoms with van der Waals surface area (Å²) < 4.78 is 1.14. The number of hydrogen-bond acceptors (Lipinski definition) is 5. The largest absolute Gasteiger partial charge is 0.481 e. The number of carboxylic acids is 1. The summed E-state index contributed by atoms with van der Waals surface area (Å²) in [6.45, 7) is 2.35. The molecule has 6 nitrogen and oxygen atoms in total. The van der Waals surface area contributed by atoms with Crippen molar-refractivity contribution in [3.63, 3.8) is 0 Å². The van der Waals surface area contributed by atoms with E-state index in [1.165, 1.54) is 47.4 Å². The normalized spacial score (nSPS) is 15.3. The minimum Gasteiger partial charge on any atom is -0.481 e. The van der Waals surface area contributed by atoms with E-state index in [2.05, 4.69) is 17.2 Å². The molecule has 0 radical (unpaired) electrons. The first-order chi connectivity index (χ1) is 16.3. The molecule has 0 saturated heterocycles. The highest BCUT2D eigenvalue weighted by Crippen LogP contribution is 2.43. The lowest BCUT2D eigenvalue weighted by Crippen LogP contribution is -2.29. The summed E-state index contributed by atoms with van der Waals surface area (Å²) in [7, 11) is 1.63. The Morgan fingerprint density at radius 3 is 2.62 bits per heavy atom. The maximum Gasteiger partial charge on any atom is 0.305 e. The number of fused-ring (bicyclic) bond motifs is 1. The van der Waals surface area contributed by atoms with Crippen molar-refractivity contribution in [1.29, 1.82) is 0 Å². The Morgan fingerprint density at radius 1 is 1.24 bits per heavy atom. The lowest BCUT2D eigenvalue weighted by atomic mass is 9.82. The minimum absolute atomic E-state index is 0.0692. The van der Waals surface area contributed by atoms with E-state index >= 15 is 0 Å². The van der Waals surface area contributed by atoms with Crippen molar-refractivity contribution in [3.8, 4) is 0 Å². The number of aryl methyl sites for hydroxylation is 1. The number of carboxylic acid groups (broad SMARTS) is 1. The zero-order valence-corrected chi connectivity index (χ0v) is 21.1. The summed E-state index contributed by atoms with van der Waals surface area (Å²) in [4.78, 5) is 30.5. The average Bonchev–Trinajstić information content (AvgIpc) is 3.16. The predicted octanol–water partition coefficient (Wildman–Crippen LogP) is 6.54. The van der Waals surface area contributed by atoms with Gasteiger partial charge in [-0.1, -0.05) is 30.9 Å². The summed E-state index contributed by atoms with van der Waals surface area (Å²) in [5.74, 6) is -0.559. The summed E-state index contributed by atoms with van der Waals surface area (Å²) in [6.07, 6.45) is 7.95. The van der Waals surface area contributed by atoms with Crippen molar-refractivity contribution in [2.24, 2.45) is 5.92 Å². The molecule has 4 rings (SSSR count). The molecule has 2 heterocycles. The molecule has 1 aliphatic rings. The number of aromatic nitrogens is 1. The Hall–Kier alpha value is -2.64. The van der Waals surface area contributed by atoms with Gasteiger partial charge in [-0.25, -0.2) is 4.98 Å². The van der Waals surface area contributed by atoms with E-state index in [-0.39, 0.29) is 24.9 Å². The molecule has 1 aromatic carbocycles. The van der Waals surface area contributed by atoms with Crippen LogP contribution in [0.25, 0.3) is 10.1 Å². The van der Waals surface area contributed by atoms with Gasteiger partial charge in [0.25, 0.3) is 5.91 Å². The molecule has 180 valence electrons. The highest BCUT2D eigenvalue weighted by Gasteiger charge is 2.28. The Balaban J connectivity index is 1.57. The van der Waals surface area contributed by atoms with Crippen molar-refractivity contribution in [2.75, 3.05) is 18.9 Å². The summed E-state index contributed by atoms with van der Waals surface area (Å²) in [5.41, 5.74) is 2.76. The summed E-state index contributed by atoms with van der Waals surface area (Å²) in [5, 5.41) is 14.3. The van der Waals surface area contributed by atoms with Crippen LogP contribution in [-0.2, 0) is 4.79 Å². The van der Waals surface area contributed by atoms with Crippen LogP contribution < -0.4 is 5.32 Å². The highest BCUT2D eigenvalue weighted by molar-refractivity contribution is 7.19. The molecule has 0 bridgehead atoms. The second-order valence-corrected chi connectivity index (χ2v) is 10.5. The van der Waals surface area contributed by atoms with Gasteiger partial charge in [0.15, 0.2) is 0 Å². The Labute approximate surface area is 208 Å². The zero-order valence-electron chi connectivity index (χ0n) is 19.5. The molecule has 1 fully saturated rings. The molecule has 1 atom stereocenters. The fraction of sp³-hybridized carbons (Fsp3) is 0.423. The molecular formula is C26H30ClN3O3S. The van der Waals surface area contributed by atoms with Crippen LogP contribution in [0, 0.1) is 12.8 Å². The fourth-order valence-electron chi connectivity index (χ4n) is 4.76. The Morgan fingerprint density at radius 2 is 1.94 bits per heavy atom. The van der Waals surface area contributed by atoms with Crippen molar-refractivity contribution in [1.82, 2.24) is 9.88 Å². The number of hydrogen-bond donors (Lipinski definition) is 2. The maximum atomic E-state index is 12.6. The number of carbonyl (C=O) groups excluding carboxylic acids is 1. The number of nitrogens with zero attached hydrogens (tertiary/aromatic N) is 2. The average molecular weight is 500 g/mol. The number of rotatable bonds is 8. The quantitative estimate of drug-likeness (QED) is 0.344. The van der Waals surface area contributed by atoms with Crippen LogP contribution in [0.4, 0.5) is 5.69 Å². The van der Waals surface area contributed by atoms with E-state index < -0.39 is 5.97 Å². The van der Waals surface area contributed by atoms with E-state index in [1.54, 1.807) is 30.5 Å². The number of amides is 1. The Kier molecular flexibility index (Phi) is 7.73.